The molecule has 1 amide bonds. The zero-order valence-corrected chi connectivity index (χ0v) is 14.5. The second-order valence-electron chi connectivity index (χ2n) is 5.63. The molecule has 0 saturated heterocycles. The average Bonchev–Trinajstić information content (AvgIpc) is 3.09. The third kappa shape index (κ3) is 4.00. The maximum Gasteiger partial charge on any atom is 0.274 e. The number of halogens is 1. The Morgan fingerprint density at radius 2 is 1.96 bits per heavy atom. The van der Waals surface area contributed by atoms with E-state index in [0.29, 0.717) is 16.8 Å². The van der Waals surface area contributed by atoms with Crippen LogP contribution >= 0.6 is 11.6 Å². The lowest BCUT2D eigenvalue weighted by Gasteiger charge is -2.24. The Hall–Kier alpha value is -2.80. The second kappa shape index (κ2) is 7.40. The number of aromatic nitrogens is 4. The topological polar surface area (TPSA) is 85.0 Å². The first kappa shape index (κ1) is 17.0. The van der Waals surface area contributed by atoms with Crippen molar-refractivity contribution in [2.75, 3.05) is 0 Å². The lowest BCUT2D eigenvalue weighted by Crippen LogP contribution is -2.37. The van der Waals surface area contributed by atoms with E-state index in [9.17, 15) is 4.79 Å². The molecule has 0 unspecified atom stereocenters. The van der Waals surface area contributed by atoms with Crippen molar-refractivity contribution in [2.24, 2.45) is 0 Å². The molecular formula is C17H16ClN5O2. The summed E-state index contributed by atoms with van der Waals surface area (Å²) < 4.78 is 5.68. The van der Waals surface area contributed by atoms with Crippen LogP contribution < -0.4 is 0 Å². The SMILES string of the molecule is CC(C)N(Cc1nnc(-c2ccc(Cl)cc2)o1)C(=O)c1cnccn1. The summed E-state index contributed by atoms with van der Waals surface area (Å²) in [5.41, 5.74) is 1.04. The Kier molecular flexibility index (Phi) is 5.04. The Balaban J connectivity index is 1.79. The van der Waals surface area contributed by atoms with Crippen LogP contribution in [0.15, 0.2) is 47.3 Å². The minimum absolute atomic E-state index is 0.0691. The van der Waals surface area contributed by atoms with Gasteiger partial charge in [0.05, 0.1) is 12.7 Å². The van der Waals surface area contributed by atoms with E-state index >= 15 is 0 Å². The summed E-state index contributed by atoms with van der Waals surface area (Å²) in [5, 5.41) is 8.70. The summed E-state index contributed by atoms with van der Waals surface area (Å²) in [4.78, 5) is 22.2. The summed E-state index contributed by atoms with van der Waals surface area (Å²) in [5.74, 6) is 0.479. The predicted molar refractivity (Wildman–Crippen MR) is 91.8 cm³/mol. The molecule has 3 rings (SSSR count). The number of benzene rings is 1. The van der Waals surface area contributed by atoms with Crippen LogP contribution in [-0.2, 0) is 6.54 Å². The van der Waals surface area contributed by atoms with E-state index in [2.05, 4.69) is 20.2 Å². The first-order valence-corrected chi connectivity index (χ1v) is 8.07. The second-order valence-corrected chi connectivity index (χ2v) is 6.06. The zero-order chi connectivity index (χ0) is 17.8. The van der Waals surface area contributed by atoms with Crippen molar-refractivity contribution >= 4 is 17.5 Å². The van der Waals surface area contributed by atoms with Gasteiger partial charge in [-0.05, 0) is 38.1 Å². The third-order valence-electron chi connectivity index (χ3n) is 3.53. The quantitative estimate of drug-likeness (QED) is 0.697. The number of rotatable bonds is 5. The molecule has 8 heteroatoms. The van der Waals surface area contributed by atoms with Crippen molar-refractivity contribution in [1.82, 2.24) is 25.1 Å². The van der Waals surface area contributed by atoms with E-state index in [1.54, 1.807) is 29.2 Å². The van der Waals surface area contributed by atoms with Gasteiger partial charge in [-0.1, -0.05) is 11.6 Å². The molecular weight excluding hydrogens is 342 g/mol. The van der Waals surface area contributed by atoms with Gasteiger partial charge in [-0.25, -0.2) is 4.98 Å². The number of nitrogens with zero attached hydrogens (tertiary/aromatic N) is 5. The average molecular weight is 358 g/mol. The first-order chi connectivity index (χ1) is 12.0. The summed E-state index contributed by atoms with van der Waals surface area (Å²) in [6.07, 6.45) is 4.44. The van der Waals surface area contributed by atoms with Gasteiger partial charge in [-0.15, -0.1) is 10.2 Å². The molecule has 7 nitrogen and oxygen atoms in total. The predicted octanol–water partition coefficient (Wildman–Crippen LogP) is 3.23. The molecule has 0 atom stereocenters. The van der Waals surface area contributed by atoms with Crippen molar-refractivity contribution < 1.29 is 9.21 Å². The molecule has 25 heavy (non-hydrogen) atoms. The van der Waals surface area contributed by atoms with Crippen molar-refractivity contribution in [2.45, 2.75) is 26.4 Å². The summed E-state index contributed by atoms with van der Waals surface area (Å²) in [6.45, 7) is 4.00. The van der Waals surface area contributed by atoms with Crippen LogP contribution in [-0.4, -0.2) is 37.0 Å². The molecule has 0 spiro atoms. The highest BCUT2D eigenvalue weighted by atomic mass is 35.5. The molecule has 1 aromatic carbocycles. The number of amides is 1. The Labute approximate surface area is 149 Å². The van der Waals surface area contributed by atoms with Crippen molar-refractivity contribution in [3.05, 3.63) is 59.5 Å². The number of carbonyl (C=O) groups is 1. The van der Waals surface area contributed by atoms with Crippen molar-refractivity contribution in [3.63, 3.8) is 0 Å². The first-order valence-electron chi connectivity index (χ1n) is 7.70. The Morgan fingerprint density at radius 3 is 2.60 bits per heavy atom. The minimum atomic E-state index is -0.241. The van der Waals surface area contributed by atoms with Crippen LogP contribution in [0.2, 0.25) is 5.02 Å². The van der Waals surface area contributed by atoms with Gasteiger partial charge >= 0.3 is 0 Å². The lowest BCUT2D eigenvalue weighted by atomic mass is 10.2. The molecule has 0 aliphatic heterocycles. The van der Waals surface area contributed by atoms with E-state index in [4.69, 9.17) is 16.0 Å². The van der Waals surface area contributed by atoms with Gasteiger partial charge in [-0.2, -0.15) is 0 Å². The largest absolute Gasteiger partial charge is 0.419 e. The maximum absolute atomic E-state index is 12.6. The highest BCUT2D eigenvalue weighted by molar-refractivity contribution is 6.30. The summed E-state index contributed by atoms with van der Waals surface area (Å²) in [6, 6.07) is 7.02. The van der Waals surface area contributed by atoms with Crippen LogP contribution in [0.5, 0.6) is 0 Å². The molecule has 2 aromatic heterocycles. The Morgan fingerprint density at radius 1 is 1.20 bits per heavy atom. The van der Waals surface area contributed by atoms with Crippen LogP contribution in [0.3, 0.4) is 0 Å². The van der Waals surface area contributed by atoms with E-state index in [-0.39, 0.29) is 24.2 Å². The molecule has 2 heterocycles. The fourth-order valence-electron chi connectivity index (χ4n) is 2.22. The van der Waals surface area contributed by atoms with Gasteiger partial charge in [-0.3, -0.25) is 9.78 Å². The summed E-state index contributed by atoms with van der Waals surface area (Å²) in [7, 11) is 0. The van der Waals surface area contributed by atoms with Gasteiger partial charge in [0.25, 0.3) is 5.91 Å². The van der Waals surface area contributed by atoms with Crippen LogP contribution in [0.1, 0.15) is 30.2 Å². The van der Waals surface area contributed by atoms with Gasteiger partial charge < -0.3 is 9.32 Å². The zero-order valence-electron chi connectivity index (χ0n) is 13.8. The smallest absolute Gasteiger partial charge is 0.274 e. The standard InChI is InChI=1S/C17H16ClN5O2/c1-11(2)23(17(24)14-9-19-7-8-20-14)10-15-21-22-16(25-15)12-3-5-13(18)6-4-12/h3-9,11H,10H2,1-2H3. The molecule has 0 saturated carbocycles. The third-order valence-corrected chi connectivity index (χ3v) is 3.78. The van der Waals surface area contributed by atoms with Crippen LogP contribution in [0.4, 0.5) is 0 Å². The normalized spacial score (nSPS) is 10.9. The lowest BCUT2D eigenvalue weighted by molar-refractivity contribution is 0.0666. The highest BCUT2D eigenvalue weighted by Crippen LogP contribution is 2.21. The van der Waals surface area contributed by atoms with E-state index < -0.39 is 0 Å². The van der Waals surface area contributed by atoms with E-state index in [1.807, 2.05) is 13.8 Å². The maximum atomic E-state index is 12.6. The van der Waals surface area contributed by atoms with Gasteiger partial charge in [0, 0.05) is 29.0 Å². The highest BCUT2D eigenvalue weighted by Gasteiger charge is 2.23. The van der Waals surface area contributed by atoms with Crippen LogP contribution in [0.25, 0.3) is 11.5 Å². The fraction of sp³-hybridized carbons (Fsp3) is 0.235. The fourth-order valence-corrected chi connectivity index (χ4v) is 2.34. The molecule has 0 fully saturated rings. The van der Waals surface area contributed by atoms with Gasteiger partial charge in [0.1, 0.15) is 5.69 Å². The van der Waals surface area contributed by atoms with Crippen molar-refractivity contribution in [1.29, 1.82) is 0 Å². The van der Waals surface area contributed by atoms with Crippen molar-refractivity contribution in [3.8, 4) is 11.5 Å². The van der Waals surface area contributed by atoms with E-state index in [0.717, 1.165) is 5.56 Å². The number of carbonyl (C=O) groups excluding carboxylic acids is 1. The number of hydrogen-bond acceptors (Lipinski definition) is 6. The Bertz CT molecular complexity index is 849. The molecule has 0 aliphatic carbocycles. The molecule has 128 valence electrons. The van der Waals surface area contributed by atoms with Gasteiger partial charge in [0.15, 0.2) is 0 Å². The summed E-state index contributed by atoms with van der Waals surface area (Å²) >= 11 is 5.88. The minimum Gasteiger partial charge on any atom is -0.419 e. The molecule has 0 aliphatic rings. The molecule has 3 aromatic rings. The monoisotopic (exact) mass is 357 g/mol. The molecule has 0 N–H and O–H groups in total. The number of hydrogen-bond donors (Lipinski definition) is 0. The van der Waals surface area contributed by atoms with Gasteiger partial charge in [0.2, 0.25) is 11.8 Å². The van der Waals surface area contributed by atoms with E-state index in [1.165, 1.54) is 18.6 Å². The molecule has 0 radical (unpaired) electrons. The van der Waals surface area contributed by atoms with Crippen LogP contribution in [0, 0.1) is 0 Å². The molecule has 0 bridgehead atoms.